The molecule has 2 N–H and O–H groups in total. The minimum Gasteiger partial charge on any atom is -0.356 e. The largest absolute Gasteiger partial charge is 0.356 e. The number of rotatable bonds is 8. The van der Waals surface area contributed by atoms with Crippen LogP contribution < -0.4 is 5.32 Å². The number of imidazole rings is 1. The third kappa shape index (κ3) is 5.00. The van der Waals surface area contributed by atoms with Crippen LogP contribution in [0.5, 0.6) is 0 Å². The zero-order valence-corrected chi connectivity index (χ0v) is 16.4. The number of para-hydroxylation sites is 2. The summed E-state index contributed by atoms with van der Waals surface area (Å²) < 4.78 is 5.23. The highest BCUT2D eigenvalue weighted by Crippen LogP contribution is 2.19. The summed E-state index contributed by atoms with van der Waals surface area (Å²) in [4.78, 5) is 24.2. The Morgan fingerprint density at radius 3 is 2.72 bits per heavy atom. The van der Waals surface area contributed by atoms with E-state index in [1.165, 1.54) is 0 Å². The van der Waals surface area contributed by atoms with Gasteiger partial charge >= 0.3 is 0 Å². The Bertz CT molecular complexity index is 1070. The number of nitrogens with one attached hydrogen (secondary N) is 2. The molecule has 2 aromatic heterocycles. The van der Waals surface area contributed by atoms with Crippen molar-refractivity contribution in [3.63, 3.8) is 0 Å². The molecule has 8 heteroatoms. The van der Waals surface area contributed by atoms with Crippen LogP contribution in [0.4, 0.5) is 0 Å². The molecule has 0 aliphatic rings. The first-order chi connectivity index (χ1) is 14.2. The van der Waals surface area contributed by atoms with Crippen LogP contribution in [0.3, 0.4) is 0 Å². The standard InChI is InChI=1S/C21H20ClN5O2/c22-15-9-7-14(8-10-15)21-26-20(29-27-21)12-11-19(28)23-13-3-6-18-24-16-4-1-2-5-17(16)25-18/h1-2,4-5,7-10H,3,6,11-13H2,(H,23,28)(H,24,25). The average molecular weight is 410 g/mol. The fourth-order valence-electron chi connectivity index (χ4n) is 2.99. The Morgan fingerprint density at radius 1 is 1.07 bits per heavy atom. The van der Waals surface area contributed by atoms with Gasteiger partial charge in [-0.2, -0.15) is 4.98 Å². The summed E-state index contributed by atoms with van der Waals surface area (Å²) in [7, 11) is 0. The van der Waals surface area contributed by atoms with E-state index >= 15 is 0 Å². The maximum Gasteiger partial charge on any atom is 0.227 e. The highest BCUT2D eigenvalue weighted by Gasteiger charge is 2.11. The molecule has 2 aromatic carbocycles. The molecule has 7 nitrogen and oxygen atoms in total. The molecule has 1 amide bonds. The van der Waals surface area contributed by atoms with Crippen LogP contribution in [0, 0.1) is 0 Å². The lowest BCUT2D eigenvalue weighted by atomic mass is 10.2. The van der Waals surface area contributed by atoms with Gasteiger partial charge in [0, 0.05) is 36.4 Å². The second-order valence-electron chi connectivity index (χ2n) is 6.67. The molecule has 0 unspecified atom stereocenters. The van der Waals surface area contributed by atoms with Crippen LogP contribution in [0.15, 0.2) is 53.1 Å². The third-order valence-electron chi connectivity index (χ3n) is 4.49. The summed E-state index contributed by atoms with van der Waals surface area (Å²) in [5.41, 5.74) is 2.81. The van der Waals surface area contributed by atoms with Crippen LogP contribution in [0.2, 0.25) is 5.02 Å². The van der Waals surface area contributed by atoms with Crippen LogP contribution in [-0.4, -0.2) is 32.6 Å². The monoisotopic (exact) mass is 409 g/mol. The lowest BCUT2D eigenvalue weighted by Gasteiger charge is -2.03. The minimum absolute atomic E-state index is 0.0409. The van der Waals surface area contributed by atoms with Gasteiger partial charge in [0.25, 0.3) is 0 Å². The highest BCUT2D eigenvalue weighted by molar-refractivity contribution is 6.30. The maximum absolute atomic E-state index is 12.0. The normalized spacial score (nSPS) is 11.1. The molecule has 0 bridgehead atoms. The predicted molar refractivity (Wildman–Crippen MR) is 110 cm³/mol. The molecule has 2 heterocycles. The maximum atomic E-state index is 12.0. The van der Waals surface area contributed by atoms with E-state index < -0.39 is 0 Å². The van der Waals surface area contributed by atoms with Crippen molar-refractivity contribution in [1.82, 2.24) is 25.4 Å². The fourth-order valence-corrected chi connectivity index (χ4v) is 3.12. The topological polar surface area (TPSA) is 96.7 Å². The summed E-state index contributed by atoms with van der Waals surface area (Å²) in [6.07, 6.45) is 2.29. The number of benzene rings is 2. The van der Waals surface area contributed by atoms with Crippen LogP contribution in [0.1, 0.15) is 24.6 Å². The highest BCUT2D eigenvalue weighted by atomic mass is 35.5. The quantitative estimate of drug-likeness (QED) is 0.429. The molecule has 0 fully saturated rings. The fraction of sp³-hybridized carbons (Fsp3) is 0.238. The Labute approximate surface area is 172 Å². The average Bonchev–Trinajstić information content (AvgIpc) is 3.37. The van der Waals surface area contributed by atoms with E-state index in [1.807, 2.05) is 36.4 Å². The van der Waals surface area contributed by atoms with Crippen LogP contribution in [0.25, 0.3) is 22.4 Å². The van der Waals surface area contributed by atoms with Crippen molar-refractivity contribution >= 4 is 28.5 Å². The number of hydrogen-bond acceptors (Lipinski definition) is 5. The third-order valence-corrected chi connectivity index (χ3v) is 4.74. The van der Waals surface area contributed by atoms with Crippen molar-refractivity contribution in [3.8, 4) is 11.4 Å². The van der Waals surface area contributed by atoms with Gasteiger partial charge in [-0.3, -0.25) is 4.79 Å². The molecule has 4 aromatic rings. The van der Waals surface area contributed by atoms with Gasteiger partial charge in [0.15, 0.2) is 0 Å². The zero-order valence-electron chi connectivity index (χ0n) is 15.7. The van der Waals surface area contributed by atoms with E-state index in [4.69, 9.17) is 16.1 Å². The number of carbonyl (C=O) groups excluding carboxylic acids is 1. The van der Waals surface area contributed by atoms with Gasteiger partial charge in [-0.1, -0.05) is 28.9 Å². The van der Waals surface area contributed by atoms with Gasteiger partial charge in [0.2, 0.25) is 17.6 Å². The molecular formula is C21H20ClN5O2. The number of hydrogen-bond donors (Lipinski definition) is 2. The Morgan fingerprint density at radius 2 is 1.90 bits per heavy atom. The molecule has 0 saturated carbocycles. The number of nitrogens with zero attached hydrogens (tertiary/aromatic N) is 3. The second-order valence-corrected chi connectivity index (χ2v) is 7.11. The first kappa shape index (κ1) is 19.1. The van der Waals surface area contributed by atoms with E-state index in [9.17, 15) is 4.79 Å². The van der Waals surface area contributed by atoms with Crippen molar-refractivity contribution in [2.45, 2.75) is 25.7 Å². The Kier molecular flexibility index (Phi) is 5.86. The van der Waals surface area contributed by atoms with E-state index in [0.29, 0.717) is 36.1 Å². The number of fused-ring (bicyclic) bond motifs is 1. The second kappa shape index (κ2) is 8.87. The number of carbonyl (C=O) groups is 1. The first-order valence-electron chi connectivity index (χ1n) is 9.46. The lowest BCUT2D eigenvalue weighted by Crippen LogP contribution is -2.25. The Balaban J connectivity index is 1.19. The number of aromatic nitrogens is 4. The Hall–Kier alpha value is -3.19. The van der Waals surface area contributed by atoms with E-state index in [2.05, 4.69) is 25.4 Å². The summed E-state index contributed by atoms with van der Waals surface area (Å²) in [6, 6.07) is 15.1. The predicted octanol–water partition coefficient (Wildman–Crippen LogP) is 3.95. The molecule has 0 aliphatic heterocycles. The summed E-state index contributed by atoms with van der Waals surface area (Å²) in [5, 5.41) is 7.51. The molecule has 0 saturated heterocycles. The number of aryl methyl sites for hydroxylation is 2. The van der Waals surface area contributed by atoms with Crippen molar-refractivity contribution < 1.29 is 9.32 Å². The summed E-state index contributed by atoms with van der Waals surface area (Å²) in [5.74, 6) is 1.82. The van der Waals surface area contributed by atoms with Crippen molar-refractivity contribution in [2.24, 2.45) is 0 Å². The van der Waals surface area contributed by atoms with Gasteiger partial charge in [-0.25, -0.2) is 4.98 Å². The van der Waals surface area contributed by atoms with Crippen molar-refractivity contribution in [1.29, 1.82) is 0 Å². The van der Waals surface area contributed by atoms with E-state index in [-0.39, 0.29) is 5.91 Å². The number of halogens is 1. The molecule has 0 radical (unpaired) electrons. The SMILES string of the molecule is O=C(CCc1nc(-c2ccc(Cl)cc2)no1)NCCCc1nc2ccccc2[nH]1. The number of amides is 1. The first-order valence-corrected chi connectivity index (χ1v) is 9.84. The molecular weight excluding hydrogens is 390 g/mol. The van der Waals surface area contributed by atoms with Crippen molar-refractivity contribution in [3.05, 3.63) is 65.3 Å². The number of H-pyrrole nitrogens is 1. The van der Waals surface area contributed by atoms with Gasteiger partial charge < -0.3 is 14.8 Å². The van der Waals surface area contributed by atoms with Crippen molar-refractivity contribution in [2.75, 3.05) is 6.54 Å². The number of aromatic amines is 1. The smallest absolute Gasteiger partial charge is 0.227 e. The van der Waals surface area contributed by atoms with E-state index in [1.54, 1.807) is 12.1 Å². The lowest BCUT2D eigenvalue weighted by molar-refractivity contribution is -0.121. The molecule has 0 atom stereocenters. The van der Waals surface area contributed by atoms with Crippen LogP contribution >= 0.6 is 11.6 Å². The van der Waals surface area contributed by atoms with Crippen LogP contribution in [-0.2, 0) is 17.6 Å². The molecule has 148 valence electrons. The molecule has 0 aliphatic carbocycles. The van der Waals surface area contributed by atoms with E-state index in [0.717, 1.165) is 35.3 Å². The zero-order chi connectivity index (χ0) is 20.1. The van der Waals surface area contributed by atoms with Gasteiger partial charge in [-0.05, 0) is 42.8 Å². The minimum atomic E-state index is -0.0409. The van der Waals surface area contributed by atoms with Gasteiger partial charge in [0.1, 0.15) is 5.82 Å². The molecule has 29 heavy (non-hydrogen) atoms. The summed E-state index contributed by atoms with van der Waals surface area (Å²) >= 11 is 5.88. The summed E-state index contributed by atoms with van der Waals surface area (Å²) in [6.45, 7) is 0.593. The van der Waals surface area contributed by atoms with Gasteiger partial charge in [-0.15, -0.1) is 0 Å². The molecule has 4 rings (SSSR count). The molecule has 0 spiro atoms. The van der Waals surface area contributed by atoms with Gasteiger partial charge in [0.05, 0.1) is 11.0 Å².